The summed E-state index contributed by atoms with van der Waals surface area (Å²) >= 11 is 11.4. The fourth-order valence-corrected chi connectivity index (χ4v) is 1.51. The third-order valence-electron chi connectivity index (χ3n) is 1.85. The van der Waals surface area contributed by atoms with Crippen LogP contribution >= 0.6 is 23.2 Å². The van der Waals surface area contributed by atoms with Crippen molar-refractivity contribution < 1.29 is 13.9 Å². The van der Waals surface area contributed by atoms with E-state index in [0.717, 1.165) is 13.2 Å². The van der Waals surface area contributed by atoms with Gasteiger partial charge in [0.05, 0.1) is 17.2 Å². The van der Waals surface area contributed by atoms with Gasteiger partial charge in [-0.2, -0.15) is 0 Å². The number of hydrogen-bond acceptors (Lipinski definition) is 3. The van der Waals surface area contributed by atoms with E-state index in [1.807, 2.05) is 0 Å². The van der Waals surface area contributed by atoms with Gasteiger partial charge in [-0.1, -0.05) is 23.2 Å². The van der Waals surface area contributed by atoms with E-state index in [4.69, 9.17) is 28.9 Å². The number of benzene rings is 1. The lowest BCUT2D eigenvalue weighted by atomic mass is 10.1. The van der Waals surface area contributed by atoms with E-state index < -0.39 is 17.8 Å². The van der Waals surface area contributed by atoms with Crippen LogP contribution in [0.25, 0.3) is 0 Å². The van der Waals surface area contributed by atoms with E-state index in [2.05, 4.69) is 4.74 Å². The molecule has 3 nitrogen and oxygen atoms in total. The van der Waals surface area contributed by atoms with E-state index in [1.54, 1.807) is 0 Å². The van der Waals surface area contributed by atoms with E-state index in [9.17, 15) is 9.18 Å². The Kier molecular flexibility index (Phi) is 3.90. The van der Waals surface area contributed by atoms with Crippen molar-refractivity contribution in [2.75, 3.05) is 7.11 Å². The topological polar surface area (TPSA) is 52.3 Å². The number of halogens is 3. The molecule has 0 fully saturated rings. The van der Waals surface area contributed by atoms with Crippen molar-refractivity contribution in [1.29, 1.82) is 0 Å². The Morgan fingerprint density at radius 2 is 2.13 bits per heavy atom. The number of nitrogens with two attached hydrogens (primary N) is 1. The van der Waals surface area contributed by atoms with Gasteiger partial charge in [0.25, 0.3) is 0 Å². The Morgan fingerprint density at radius 1 is 1.53 bits per heavy atom. The van der Waals surface area contributed by atoms with Gasteiger partial charge in [-0.3, -0.25) is 4.79 Å². The Morgan fingerprint density at radius 3 is 2.67 bits per heavy atom. The molecule has 0 aliphatic carbocycles. The third-order valence-corrected chi connectivity index (χ3v) is 2.66. The summed E-state index contributed by atoms with van der Waals surface area (Å²) in [5.74, 6) is -1.47. The van der Waals surface area contributed by atoms with Crippen molar-refractivity contribution in [1.82, 2.24) is 0 Å². The first-order valence-corrected chi connectivity index (χ1v) is 4.71. The summed E-state index contributed by atoms with van der Waals surface area (Å²) in [7, 11) is 1.15. The second kappa shape index (κ2) is 4.79. The molecule has 15 heavy (non-hydrogen) atoms. The molecule has 1 aromatic rings. The maximum atomic E-state index is 13.3. The average Bonchev–Trinajstić information content (AvgIpc) is 2.22. The monoisotopic (exact) mass is 251 g/mol. The maximum Gasteiger partial charge on any atom is 0.327 e. The molecular weight excluding hydrogens is 244 g/mol. The second-order valence-electron chi connectivity index (χ2n) is 2.76. The summed E-state index contributed by atoms with van der Waals surface area (Å²) in [5, 5.41) is 0.0574. The number of carbonyl (C=O) groups is 1. The highest BCUT2D eigenvalue weighted by Gasteiger charge is 2.24. The van der Waals surface area contributed by atoms with Gasteiger partial charge >= 0.3 is 5.97 Å². The van der Waals surface area contributed by atoms with Crippen LogP contribution in [0.4, 0.5) is 4.39 Å². The van der Waals surface area contributed by atoms with Crippen LogP contribution in [0.5, 0.6) is 0 Å². The molecule has 0 bridgehead atoms. The minimum absolute atomic E-state index is 0.0745. The first-order chi connectivity index (χ1) is 6.99. The number of ether oxygens (including phenoxy) is 1. The maximum absolute atomic E-state index is 13.3. The van der Waals surface area contributed by atoms with Gasteiger partial charge in [-0.25, -0.2) is 4.39 Å². The zero-order valence-electron chi connectivity index (χ0n) is 7.76. The molecule has 6 heteroatoms. The van der Waals surface area contributed by atoms with Crippen molar-refractivity contribution in [3.05, 3.63) is 33.6 Å². The largest absolute Gasteiger partial charge is 0.468 e. The zero-order chi connectivity index (χ0) is 11.6. The van der Waals surface area contributed by atoms with Gasteiger partial charge in [-0.15, -0.1) is 0 Å². The van der Waals surface area contributed by atoms with Crippen LogP contribution in [0.1, 0.15) is 11.6 Å². The molecule has 0 aliphatic rings. The van der Waals surface area contributed by atoms with E-state index in [-0.39, 0.29) is 15.6 Å². The number of rotatable bonds is 2. The molecular formula is C9H8Cl2FNO2. The summed E-state index contributed by atoms with van der Waals surface area (Å²) in [5.41, 5.74) is 5.31. The Balaban J connectivity index is 3.24. The van der Waals surface area contributed by atoms with Gasteiger partial charge < -0.3 is 10.5 Å². The van der Waals surface area contributed by atoms with Gasteiger partial charge in [0, 0.05) is 5.56 Å². The number of hydrogen-bond donors (Lipinski definition) is 1. The van der Waals surface area contributed by atoms with E-state index in [0.29, 0.717) is 0 Å². The smallest absolute Gasteiger partial charge is 0.327 e. The molecule has 0 saturated heterocycles. The highest BCUT2D eigenvalue weighted by Crippen LogP contribution is 2.31. The molecule has 0 radical (unpaired) electrons. The van der Waals surface area contributed by atoms with Crippen molar-refractivity contribution in [2.45, 2.75) is 6.04 Å². The second-order valence-corrected chi connectivity index (χ2v) is 3.54. The molecule has 0 spiro atoms. The van der Waals surface area contributed by atoms with Gasteiger partial charge in [0.1, 0.15) is 11.9 Å². The Labute approximate surface area is 95.9 Å². The van der Waals surface area contributed by atoms with Crippen LogP contribution in [-0.2, 0) is 9.53 Å². The number of carbonyl (C=O) groups excluding carboxylic acids is 1. The van der Waals surface area contributed by atoms with Crippen LogP contribution in [-0.4, -0.2) is 13.1 Å². The summed E-state index contributed by atoms with van der Waals surface area (Å²) in [6.45, 7) is 0. The Bertz CT molecular complexity index is 398. The Hall–Kier alpha value is -0.840. The highest BCUT2D eigenvalue weighted by atomic mass is 35.5. The fraction of sp³-hybridized carbons (Fsp3) is 0.222. The summed E-state index contributed by atoms with van der Waals surface area (Å²) in [6.07, 6.45) is 0. The lowest BCUT2D eigenvalue weighted by molar-refractivity contribution is -0.142. The lowest BCUT2D eigenvalue weighted by Gasteiger charge is -2.12. The van der Waals surface area contributed by atoms with Crippen LogP contribution in [0.15, 0.2) is 12.1 Å². The van der Waals surface area contributed by atoms with Crippen LogP contribution in [0, 0.1) is 5.82 Å². The predicted molar refractivity (Wildman–Crippen MR) is 55.4 cm³/mol. The minimum Gasteiger partial charge on any atom is -0.468 e. The molecule has 2 N–H and O–H groups in total. The minimum atomic E-state index is -1.28. The SMILES string of the molecule is COC(=O)[C@@H](N)c1c(F)ccc(Cl)c1Cl. The summed E-state index contributed by atoms with van der Waals surface area (Å²) in [6, 6.07) is 1.10. The molecule has 1 rings (SSSR count). The molecule has 0 aromatic heterocycles. The molecule has 0 heterocycles. The lowest BCUT2D eigenvalue weighted by Crippen LogP contribution is -2.24. The highest BCUT2D eigenvalue weighted by molar-refractivity contribution is 6.42. The molecule has 0 saturated carbocycles. The van der Waals surface area contributed by atoms with Crippen molar-refractivity contribution in [2.24, 2.45) is 5.73 Å². The van der Waals surface area contributed by atoms with Gasteiger partial charge in [-0.05, 0) is 12.1 Å². The fourth-order valence-electron chi connectivity index (χ4n) is 1.07. The molecule has 82 valence electrons. The first kappa shape index (κ1) is 12.2. The van der Waals surface area contributed by atoms with E-state index in [1.165, 1.54) is 6.07 Å². The quantitative estimate of drug-likeness (QED) is 0.649. The molecule has 0 unspecified atom stereocenters. The zero-order valence-corrected chi connectivity index (χ0v) is 9.27. The van der Waals surface area contributed by atoms with Crippen LogP contribution < -0.4 is 5.73 Å². The average molecular weight is 252 g/mol. The summed E-state index contributed by atoms with van der Waals surface area (Å²) in [4.78, 5) is 11.1. The van der Waals surface area contributed by atoms with Crippen LogP contribution in [0.2, 0.25) is 10.0 Å². The number of esters is 1. The standard InChI is InChI=1S/C9H8Cl2FNO2/c1-15-9(14)8(13)6-5(12)3-2-4(10)7(6)11/h2-3,8H,13H2,1H3/t8-/m0/s1. The van der Waals surface area contributed by atoms with Gasteiger partial charge in [0.15, 0.2) is 0 Å². The normalized spacial score (nSPS) is 12.3. The first-order valence-electron chi connectivity index (χ1n) is 3.95. The van der Waals surface area contributed by atoms with E-state index >= 15 is 0 Å². The van der Waals surface area contributed by atoms with Crippen LogP contribution in [0.3, 0.4) is 0 Å². The predicted octanol–water partition coefficient (Wildman–Crippen LogP) is 2.31. The summed E-state index contributed by atoms with van der Waals surface area (Å²) < 4.78 is 17.7. The molecule has 1 atom stereocenters. The molecule has 1 aromatic carbocycles. The van der Waals surface area contributed by atoms with Crippen molar-refractivity contribution >= 4 is 29.2 Å². The third kappa shape index (κ3) is 2.40. The molecule has 0 aliphatic heterocycles. The van der Waals surface area contributed by atoms with Crippen molar-refractivity contribution in [3.63, 3.8) is 0 Å². The molecule has 0 amide bonds. The van der Waals surface area contributed by atoms with Crippen molar-refractivity contribution in [3.8, 4) is 0 Å². The van der Waals surface area contributed by atoms with Gasteiger partial charge in [0.2, 0.25) is 0 Å². The number of methoxy groups -OCH3 is 1.